The number of hydrogen-bond donors (Lipinski definition) is 0. The van der Waals surface area contributed by atoms with Gasteiger partial charge >= 0.3 is 5.97 Å². The summed E-state index contributed by atoms with van der Waals surface area (Å²) in [5.41, 5.74) is 0. The first-order valence-corrected chi connectivity index (χ1v) is 4.98. The van der Waals surface area contributed by atoms with E-state index in [2.05, 4.69) is 6.92 Å². The molecule has 2 nitrogen and oxygen atoms in total. The van der Waals surface area contributed by atoms with Crippen LogP contribution in [0, 0.1) is 0 Å². The molecular weight excluding hydrogens is 176 g/mol. The van der Waals surface area contributed by atoms with E-state index < -0.39 is 5.97 Å². The largest absolute Gasteiger partial charge is 0.355 e. The van der Waals surface area contributed by atoms with E-state index in [4.69, 9.17) is 11.6 Å². The molecule has 0 aromatic heterocycles. The predicted molar refractivity (Wildman–Crippen MR) is 50.8 cm³/mol. The minimum atomic E-state index is -0.961. The minimum absolute atomic E-state index is 0.181. The van der Waals surface area contributed by atoms with Crippen LogP contribution in [0.15, 0.2) is 0 Å². The van der Waals surface area contributed by atoms with E-state index in [1.54, 1.807) is 6.92 Å². The van der Waals surface area contributed by atoms with Gasteiger partial charge in [-0.05, 0) is 12.8 Å². The van der Waals surface area contributed by atoms with Crippen molar-refractivity contribution in [2.24, 2.45) is 0 Å². The van der Waals surface area contributed by atoms with Crippen LogP contribution in [0.1, 0.15) is 46.0 Å². The molecule has 0 rings (SSSR count). The number of rotatable bonds is 5. The first kappa shape index (κ1) is 14.3. The van der Waals surface area contributed by atoms with Crippen LogP contribution >= 0.6 is 11.6 Å². The average Bonchev–Trinajstić information content (AvgIpc) is 2.02. The van der Waals surface area contributed by atoms with Crippen molar-refractivity contribution in [1.29, 1.82) is 0 Å². The van der Waals surface area contributed by atoms with Crippen LogP contribution < -0.4 is 0 Å². The summed E-state index contributed by atoms with van der Waals surface area (Å²) >= 11 is 5.38. The lowest BCUT2D eigenvalue weighted by Gasteiger charge is -1.84. The summed E-state index contributed by atoms with van der Waals surface area (Å²) in [5.74, 6) is -0.133. The zero-order chi connectivity index (χ0) is 9.82. The first-order valence-electron chi connectivity index (χ1n) is 4.44. The molecule has 0 aliphatic heterocycles. The Bertz CT molecular complexity index is 90.5. The van der Waals surface area contributed by atoms with E-state index in [1.807, 2.05) is 0 Å². The Morgan fingerprint density at radius 1 is 1.17 bits per heavy atom. The third-order valence-electron chi connectivity index (χ3n) is 1.19. The van der Waals surface area contributed by atoms with Gasteiger partial charge < -0.3 is 0 Å². The average molecular weight is 194 g/mol. The molecule has 3 heteroatoms. The van der Waals surface area contributed by atoms with Crippen LogP contribution in [0.5, 0.6) is 0 Å². The zero-order valence-corrected chi connectivity index (χ0v) is 8.69. The minimum Gasteiger partial charge on any atom is -0.247 e. The summed E-state index contributed by atoms with van der Waals surface area (Å²) in [5, 5.41) is 9.49. The van der Waals surface area contributed by atoms with Crippen molar-refractivity contribution in [2.45, 2.75) is 46.0 Å². The lowest BCUT2D eigenvalue weighted by molar-refractivity contribution is -0.143. The lowest BCUT2D eigenvalue weighted by Crippen LogP contribution is -1.87. The highest BCUT2D eigenvalue weighted by Gasteiger charge is 1.91. The molecule has 0 N–H and O–H groups in total. The maximum Gasteiger partial charge on any atom is 0.355 e. The molecule has 0 bridgehead atoms. The fourth-order valence-corrected chi connectivity index (χ4v) is 0.738. The summed E-state index contributed by atoms with van der Waals surface area (Å²) in [6.07, 6.45) is 4.58. The Morgan fingerprint density at radius 3 is 1.83 bits per heavy atom. The molecule has 0 aromatic rings. The second-order valence-corrected chi connectivity index (χ2v) is 2.90. The van der Waals surface area contributed by atoms with Crippen LogP contribution in [-0.2, 0) is 9.90 Å². The molecule has 12 heavy (non-hydrogen) atoms. The molecule has 1 radical (unpaired) electrons. The van der Waals surface area contributed by atoms with E-state index in [0.29, 0.717) is 6.42 Å². The smallest absolute Gasteiger partial charge is 0.247 e. The van der Waals surface area contributed by atoms with Crippen LogP contribution in [-0.4, -0.2) is 11.8 Å². The number of alkyl halides is 1. The van der Waals surface area contributed by atoms with Crippen LogP contribution in [0.4, 0.5) is 0 Å². The highest BCUT2D eigenvalue weighted by Crippen LogP contribution is 1.93. The van der Waals surface area contributed by atoms with E-state index in [9.17, 15) is 9.90 Å². The van der Waals surface area contributed by atoms with Gasteiger partial charge in [-0.15, -0.1) is 11.6 Å². The lowest BCUT2D eigenvalue weighted by atomic mass is 10.3. The Kier molecular flexibility index (Phi) is 15.9. The zero-order valence-electron chi connectivity index (χ0n) is 7.94. The van der Waals surface area contributed by atoms with Crippen molar-refractivity contribution in [3.8, 4) is 0 Å². The normalized spacial score (nSPS) is 8.58. The van der Waals surface area contributed by atoms with E-state index in [1.165, 1.54) is 19.3 Å². The van der Waals surface area contributed by atoms with Gasteiger partial charge in [-0.3, -0.25) is 0 Å². The van der Waals surface area contributed by atoms with Gasteiger partial charge in [0, 0.05) is 12.3 Å². The molecule has 0 fully saturated rings. The van der Waals surface area contributed by atoms with Crippen LogP contribution in [0.3, 0.4) is 0 Å². The number of carbonyl (C=O) groups is 1. The fraction of sp³-hybridized carbons (Fsp3) is 0.889. The Morgan fingerprint density at radius 2 is 1.75 bits per heavy atom. The van der Waals surface area contributed by atoms with Gasteiger partial charge in [0.1, 0.15) is 0 Å². The standard InChI is InChI=1S/C5H11Cl.C4H7O2/c1-2-3-4-5-6;1-2-3-4(5)6/h2-5H2,1H3;2-3H2,1H3. The number of carbonyl (C=O) groups excluding carboxylic acids is 1. The second-order valence-electron chi connectivity index (χ2n) is 2.52. The van der Waals surface area contributed by atoms with Crippen molar-refractivity contribution < 1.29 is 9.90 Å². The van der Waals surface area contributed by atoms with E-state index in [0.717, 1.165) is 5.88 Å². The number of hydrogen-bond acceptors (Lipinski definition) is 1. The summed E-state index contributed by atoms with van der Waals surface area (Å²) in [6, 6.07) is 0. The molecule has 0 saturated carbocycles. The molecule has 0 amide bonds. The van der Waals surface area contributed by atoms with Gasteiger partial charge in [-0.1, -0.05) is 26.7 Å². The summed E-state index contributed by atoms with van der Waals surface area (Å²) in [4.78, 5) is 9.49. The van der Waals surface area contributed by atoms with Gasteiger partial charge in [0.25, 0.3) is 0 Å². The molecule has 0 aliphatic carbocycles. The van der Waals surface area contributed by atoms with Crippen molar-refractivity contribution >= 4 is 17.6 Å². The van der Waals surface area contributed by atoms with Crippen molar-refractivity contribution in [3.63, 3.8) is 0 Å². The molecule has 0 aromatic carbocycles. The van der Waals surface area contributed by atoms with Gasteiger partial charge in [0.05, 0.1) is 0 Å². The summed E-state index contributed by atoms with van der Waals surface area (Å²) < 4.78 is 0. The Hall–Kier alpha value is -0.240. The van der Waals surface area contributed by atoms with E-state index >= 15 is 0 Å². The second kappa shape index (κ2) is 13.4. The molecule has 0 unspecified atom stereocenters. The van der Waals surface area contributed by atoms with Crippen molar-refractivity contribution in [1.82, 2.24) is 0 Å². The Balaban J connectivity index is 0. The monoisotopic (exact) mass is 193 g/mol. The SMILES string of the molecule is CCCC([O])=O.CCCCCCl. The maximum atomic E-state index is 9.49. The Labute approximate surface area is 79.9 Å². The van der Waals surface area contributed by atoms with Crippen LogP contribution in [0.25, 0.3) is 0 Å². The van der Waals surface area contributed by atoms with Crippen molar-refractivity contribution in [2.75, 3.05) is 5.88 Å². The third-order valence-corrected chi connectivity index (χ3v) is 1.46. The quantitative estimate of drug-likeness (QED) is 0.488. The fourth-order valence-electron chi connectivity index (χ4n) is 0.549. The van der Waals surface area contributed by atoms with Gasteiger partial charge in [0.15, 0.2) is 0 Å². The number of unbranched alkanes of at least 4 members (excludes halogenated alkanes) is 2. The van der Waals surface area contributed by atoms with Gasteiger partial charge in [-0.2, -0.15) is 0 Å². The topological polar surface area (TPSA) is 37.0 Å². The first-order chi connectivity index (χ1) is 5.68. The van der Waals surface area contributed by atoms with Gasteiger partial charge in [-0.25, -0.2) is 9.90 Å². The molecule has 0 saturated heterocycles. The van der Waals surface area contributed by atoms with E-state index in [-0.39, 0.29) is 6.42 Å². The molecule has 0 atom stereocenters. The van der Waals surface area contributed by atoms with Crippen LogP contribution in [0.2, 0.25) is 0 Å². The van der Waals surface area contributed by atoms with Gasteiger partial charge in [0.2, 0.25) is 0 Å². The molecule has 0 aliphatic rings. The molecule has 0 spiro atoms. The molecular formula is C9H18ClO2. The predicted octanol–water partition coefficient (Wildman–Crippen LogP) is 3.16. The molecule has 0 heterocycles. The summed E-state index contributed by atoms with van der Waals surface area (Å²) in [7, 11) is 0. The maximum absolute atomic E-state index is 9.49. The highest BCUT2D eigenvalue weighted by atomic mass is 35.5. The molecule has 73 valence electrons. The third kappa shape index (κ3) is 22.6. The number of halogens is 1. The van der Waals surface area contributed by atoms with Crippen molar-refractivity contribution in [3.05, 3.63) is 0 Å². The highest BCUT2D eigenvalue weighted by molar-refractivity contribution is 6.17. The summed E-state index contributed by atoms with van der Waals surface area (Å²) in [6.45, 7) is 3.97.